The van der Waals surface area contributed by atoms with Crippen LogP contribution < -0.4 is 5.32 Å². The molecule has 30 heavy (non-hydrogen) atoms. The van der Waals surface area contributed by atoms with Crippen molar-refractivity contribution in [2.24, 2.45) is 16.8 Å². The molecule has 160 valence electrons. The molecule has 7 nitrogen and oxygen atoms in total. The van der Waals surface area contributed by atoms with E-state index in [-0.39, 0.29) is 0 Å². The fourth-order valence-corrected chi connectivity index (χ4v) is 6.34. The summed E-state index contributed by atoms with van der Waals surface area (Å²) in [5, 5.41) is 11.2. The van der Waals surface area contributed by atoms with Gasteiger partial charge < -0.3 is 5.32 Å². The van der Waals surface area contributed by atoms with Crippen LogP contribution in [0.25, 0.3) is 0 Å². The van der Waals surface area contributed by atoms with Crippen LogP contribution in [0.3, 0.4) is 0 Å². The van der Waals surface area contributed by atoms with Gasteiger partial charge in [-0.2, -0.15) is 9.40 Å². The average molecular weight is 428 g/mol. The lowest BCUT2D eigenvalue weighted by molar-refractivity contribution is 0.225. The third-order valence-electron chi connectivity index (χ3n) is 7.07. The van der Waals surface area contributed by atoms with Crippen molar-refractivity contribution in [1.29, 1.82) is 0 Å². The first-order valence-corrected chi connectivity index (χ1v) is 12.2. The molecule has 3 heterocycles. The molecule has 1 aliphatic carbocycles. The van der Waals surface area contributed by atoms with Gasteiger partial charge in [-0.15, -0.1) is 0 Å². The van der Waals surface area contributed by atoms with Crippen LogP contribution in [-0.2, 0) is 23.0 Å². The number of aromatic nitrogens is 2. The van der Waals surface area contributed by atoms with Crippen LogP contribution in [0.4, 0.5) is 0 Å². The van der Waals surface area contributed by atoms with Gasteiger partial charge >= 0.3 is 0 Å². The van der Waals surface area contributed by atoms with Crippen LogP contribution in [0.1, 0.15) is 49.2 Å². The SMILES string of the molecule is Cc1ccc(S(=O)(=O)N2CCc3c(C4=NC5CC(C)C(C)C[C@@H]5N4)n[nH]c3C2)cc1. The van der Waals surface area contributed by atoms with Crippen molar-refractivity contribution in [3.63, 3.8) is 0 Å². The van der Waals surface area contributed by atoms with Crippen molar-refractivity contribution in [3.05, 3.63) is 46.8 Å². The molecule has 0 saturated heterocycles. The topological polar surface area (TPSA) is 90.4 Å². The third-order valence-corrected chi connectivity index (χ3v) is 8.93. The van der Waals surface area contributed by atoms with Gasteiger partial charge in [-0.05, 0) is 50.2 Å². The summed E-state index contributed by atoms with van der Waals surface area (Å²) in [6.07, 6.45) is 2.88. The molecule has 8 heteroatoms. The predicted molar refractivity (Wildman–Crippen MR) is 116 cm³/mol. The van der Waals surface area contributed by atoms with E-state index in [0.717, 1.165) is 41.2 Å². The number of aryl methyl sites for hydroxylation is 1. The van der Waals surface area contributed by atoms with E-state index in [9.17, 15) is 8.42 Å². The zero-order valence-corrected chi connectivity index (χ0v) is 18.5. The van der Waals surface area contributed by atoms with E-state index in [1.165, 1.54) is 4.31 Å². The second-order valence-corrected chi connectivity index (χ2v) is 11.1. The number of fused-ring (bicyclic) bond motifs is 2. The van der Waals surface area contributed by atoms with Crippen molar-refractivity contribution in [2.45, 2.75) is 63.6 Å². The number of nitrogens with zero attached hydrogens (tertiary/aromatic N) is 3. The summed E-state index contributed by atoms with van der Waals surface area (Å²) in [4.78, 5) is 5.30. The lowest BCUT2D eigenvalue weighted by Gasteiger charge is -2.33. The van der Waals surface area contributed by atoms with E-state index in [1.54, 1.807) is 12.1 Å². The number of H-pyrrole nitrogens is 1. The standard InChI is InChI=1S/C22H29N5O2S/c1-13-4-6-16(7-5-13)30(28,29)27-9-8-17-20(12-27)25-26-21(17)22-23-18-10-14(2)15(3)11-19(18)24-22/h4-7,14-15,18-19H,8-12H2,1-3H3,(H,23,24)(H,25,26)/t14?,15?,18-,19?/m0/s1. The number of nitrogens with one attached hydrogen (secondary N) is 2. The van der Waals surface area contributed by atoms with Gasteiger partial charge in [0.25, 0.3) is 0 Å². The van der Waals surface area contributed by atoms with Gasteiger partial charge in [-0.3, -0.25) is 10.1 Å². The number of sulfonamides is 1. The highest BCUT2D eigenvalue weighted by molar-refractivity contribution is 7.89. The van der Waals surface area contributed by atoms with E-state index >= 15 is 0 Å². The number of hydrogen-bond acceptors (Lipinski definition) is 5. The van der Waals surface area contributed by atoms with E-state index < -0.39 is 10.0 Å². The Morgan fingerprint density at radius 3 is 2.60 bits per heavy atom. The summed E-state index contributed by atoms with van der Waals surface area (Å²) in [5.74, 6) is 2.25. The zero-order valence-electron chi connectivity index (χ0n) is 17.7. The highest BCUT2D eigenvalue weighted by Crippen LogP contribution is 2.35. The fourth-order valence-electron chi connectivity index (χ4n) is 4.93. The number of aliphatic imine (C=N–C) groups is 1. The molecule has 0 amide bonds. The number of benzene rings is 1. The van der Waals surface area contributed by atoms with Crippen LogP contribution in [-0.4, -0.2) is 47.4 Å². The first-order valence-electron chi connectivity index (χ1n) is 10.8. The average Bonchev–Trinajstić information content (AvgIpc) is 3.31. The van der Waals surface area contributed by atoms with E-state index in [2.05, 4.69) is 29.4 Å². The predicted octanol–water partition coefficient (Wildman–Crippen LogP) is 2.62. The third kappa shape index (κ3) is 3.26. The lowest BCUT2D eigenvalue weighted by atomic mass is 9.77. The first-order chi connectivity index (χ1) is 14.3. The Kier molecular flexibility index (Phi) is 4.74. The van der Waals surface area contributed by atoms with E-state index in [0.29, 0.717) is 48.3 Å². The monoisotopic (exact) mass is 427 g/mol. The Hall–Kier alpha value is -2.19. The van der Waals surface area contributed by atoms with Crippen LogP contribution in [0.5, 0.6) is 0 Å². The Labute approximate surface area is 178 Å². The maximum absolute atomic E-state index is 13.1. The van der Waals surface area contributed by atoms with Gasteiger partial charge in [0, 0.05) is 12.1 Å². The molecule has 1 aromatic heterocycles. The second kappa shape index (κ2) is 7.20. The van der Waals surface area contributed by atoms with Crippen molar-refractivity contribution in [1.82, 2.24) is 19.8 Å². The Bertz CT molecular complexity index is 1090. The summed E-state index contributed by atoms with van der Waals surface area (Å²) < 4.78 is 27.7. The summed E-state index contributed by atoms with van der Waals surface area (Å²) in [6.45, 7) is 7.34. The molecular weight excluding hydrogens is 398 g/mol. The molecule has 2 N–H and O–H groups in total. The van der Waals surface area contributed by atoms with Gasteiger partial charge in [0.2, 0.25) is 10.0 Å². The minimum Gasteiger partial charge on any atom is -0.364 e. The quantitative estimate of drug-likeness (QED) is 0.788. The number of aromatic amines is 1. The molecule has 2 aromatic rings. The van der Waals surface area contributed by atoms with Crippen LogP contribution in [0.2, 0.25) is 0 Å². The molecule has 1 fully saturated rings. The summed E-state index contributed by atoms with van der Waals surface area (Å²) in [7, 11) is -3.52. The normalized spacial score (nSPS) is 29.1. The van der Waals surface area contributed by atoms with Crippen LogP contribution >= 0.6 is 0 Å². The highest BCUT2D eigenvalue weighted by Gasteiger charge is 2.39. The van der Waals surface area contributed by atoms with E-state index in [4.69, 9.17) is 4.99 Å². The van der Waals surface area contributed by atoms with Crippen LogP contribution in [0, 0.1) is 18.8 Å². The Morgan fingerprint density at radius 2 is 1.83 bits per heavy atom. The number of hydrogen-bond donors (Lipinski definition) is 2. The fraction of sp³-hybridized carbons (Fsp3) is 0.545. The minimum absolute atomic E-state index is 0.312. The van der Waals surface area contributed by atoms with E-state index in [1.807, 2.05) is 19.1 Å². The van der Waals surface area contributed by atoms with Crippen molar-refractivity contribution < 1.29 is 8.42 Å². The van der Waals surface area contributed by atoms with Crippen LogP contribution in [0.15, 0.2) is 34.2 Å². The second-order valence-electron chi connectivity index (χ2n) is 9.15. The molecule has 1 saturated carbocycles. The summed E-state index contributed by atoms with van der Waals surface area (Å²) in [5.41, 5.74) is 3.87. The molecule has 3 aliphatic rings. The van der Waals surface area contributed by atoms with Gasteiger partial charge in [-0.25, -0.2) is 8.42 Å². The van der Waals surface area contributed by atoms with Gasteiger partial charge in [0.05, 0.1) is 29.2 Å². The molecule has 4 atom stereocenters. The molecule has 0 radical (unpaired) electrons. The minimum atomic E-state index is -3.52. The highest BCUT2D eigenvalue weighted by atomic mass is 32.2. The van der Waals surface area contributed by atoms with Gasteiger partial charge in [0.1, 0.15) is 11.5 Å². The summed E-state index contributed by atoms with van der Waals surface area (Å²) in [6, 6.07) is 7.74. The molecule has 5 rings (SSSR count). The lowest BCUT2D eigenvalue weighted by Crippen LogP contribution is -2.42. The molecule has 0 spiro atoms. The largest absolute Gasteiger partial charge is 0.364 e. The van der Waals surface area contributed by atoms with Crippen molar-refractivity contribution in [2.75, 3.05) is 6.54 Å². The zero-order chi connectivity index (χ0) is 21.0. The molecule has 2 aliphatic heterocycles. The maximum atomic E-state index is 13.1. The maximum Gasteiger partial charge on any atom is 0.243 e. The molecule has 0 bridgehead atoms. The molecular formula is C22H29N5O2S. The van der Waals surface area contributed by atoms with Crippen molar-refractivity contribution >= 4 is 15.9 Å². The smallest absolute Gasteiger partial charge is 0.243 e. The number of amidine groups is 1. The first kappa shape index (κ1) is 19.8. The number of rotatable bonds is 3. The van der Waals surface area contributed by atoms with Gasteiger partial charge in [0.15, 0.2) is 0 Å². The van der Waals surface area contributed by atoms with Crippen molar-refractivity contribution in [3.8, 4) is 0 Å². The Morgan fingerprint density at radius 1 is 1.10 bits per heavy atom. The van der Waals surface area contributed by atoms with Gasteiger partial charge in [-0.1, -0.05) is 31.5 Å². The summed E-state index contributed by atoms with van der Waals surface area (Å²) >= 11 is 0. The molecule has 1 aromatic carbocycles. The molecule has 3 unspecified atom stereocenters. The Balaban J connectivity index is 1.37.